The Hall–Kier alpha value is -1.55. The molecule has 19 heavy (non-hydrogen) atoms. The Kier molecular flexibility index (Phi) is 6.36. The van der Waals surface area contributed by atoms with Crippen molar-refractivity contribution >= 4 is 12.4 Å². The normalized spacial score (nSPS) is 11.5. The summed E-state index contributed by atoms with van der Waals surface area (Å²) >= 11 is 0. The van der Waals surface area contributed by atoms with Crippen LogP contribution >= 0.6 is 12.4 Å². The number of para-hydroxylation sites is 1. The highest BCUT2D eigenvalue weighted by molar-refractivity contribution is 5.85. The molecule has 0 aliphatic rings. The first-order valence-electron chi connectivity index (χ1n) is 5.96. The molecular weight excluding hydrogens is 262 g/mol. The summed E-state index contributed by atoms with van der Waals surface area (Å²) in [7, 11) is 0. The molecule has 2 rings (SSSR count). The van der Waals surface area contributed by atoms with Crippen molar-refractivity contribution in [1.29, 1.82) is 0 Å². The van der Waals surface area contributed by atoms with Crippen molar-refractivity contribution in [2.24, 2.45) is 5.73 Å². The summed E-state index contributed by atoms with van der Waals surface area (Å²) in [4.78, 5) is 0. The van der Waals surface area contributed by atoms with Crippen molar-refractivity contribution in [2.75, 3.05) is 6.61 Å². The van der Waals surface area contributed by atoms with Gasteiger partial charge in [-0.2, -0.15) is 0 Å². The molecule has 102 valence electrons. The van der Waals surface area contributed by atoms with E-state index in [1.54, 1.807) is 0 Å². The lowest BCUT2D eigenvalue weighted by Crippen LogP contribution is -2.26. The number of nitrogens with two attached hydrogens (primary N) is 1. The lowest BCUT2D eigenvalue weighted by Gasteiger charge is -2.09. The third-order valence-electron chi connectivity index (χ3n) is 2.63. The molecule has 4 heteroatoms. The van der Waals surface area contributed by atoms with E-state index in [2.05, 4.69) is 0 Å². The highest BCUT2D eigenvalue weighted by Crippen LogP contribution is 2.21. The summed E-state index contributed by atoms with van der Waals surface area (Å²) in [5.74, 6) is 1.61. The van der Waals surface area contributed by atoms with Gasteiger partial charge in [0, 0.05) is 6.04 Å². The molecule has 0 amide bonds. The molecule has 0 aromatic heterocycles. The number of benzene rings is 2. The Bertz CT molecular complexity index is 473. The van der Waals surface area contributed by atoms with Crippen LogP contribution in [0, 0.1) is 0 Å². The number of halogens is 1. The van der Waals surface area contributed by atoms with Gasteiger partial charge in [-0.15, -0.1) is 12.4 Å². The minimum absolute atomic E-state index is 0. The molecule has 0 aliphatic heterocycles. The lowest BCUT2D eigenvalue weighted by atomic mass is 10.1. The standard InChI is InChI=1S/C15H17NO2.ClH/c16-13(11-17)10-12-6-8-15(9-7-12)18-14-4-2-1-3-5-14;/h1-9,13,17H,10-11,16H2;1H/t13-;/m0./s1. The highest BCUT2D eigenvalue weighted by Gasteiger charge is 2.03. The molecule has 0 heterocycles. The fourth-order valence-corrected chi connectivity index (χ4v) is 1.69. The third-order valence-corrected chi connectivity index (χ3v) is 2.63. The molecule has 2 aromatic rings. The van der Waals surface area contributed by atoms with E-state index in [-0.39, 0.29) is 25.1 Å². The minimum Gasteiger partial charge on any atom is -0.457 e. The van der Waals surface area contributed by atoms with Gasteiger partial charge in [0.2, 0.25) is 0 Å². The van der Waals surface area contributed by atoms with Crippen LogP contribution in [0.1, 0.15) is 5.56 Å². The lowest BCUT2D eigenvalue weighted by molar-refractivity contribution is 0.265. The molecule has 1 atom stereocenters. The molecular formula is C15H18ClNO2. The van der Waals surface area contributed by atoms with Crippen LogP contribution < -0.4 is 10.5 Å². The average Bonchev–Trinajstić information content (AvgIpc) is 2.42. The van der Waals surface area contributed by atoms with Crippen LogP contribution in [0.4, 0.5) is 0 Å². The van der Waals surface area contributed by atoms with Gasteiger partial charge in [-0.05, 0) is 36.2 Å². The van der Waals surface area contributed by atoms with Crippen molar-refractivity contribution in [3.8, 4) is 11.5 Å². The topological polar surface area (TPSA) is 55.5 Å². The first kappa shape index (κ1) is 15.5. The van der Waals surface area contributed by atoms with Gasteiger partial charge >= 0.3 is 0 Å². The van der Waals surface area contributed by atoms with E-state index < -0.39 is 0 Å². The number of aliphatic hydroxyl groups excluding tert-OH is 1. The molecule has 0 saturated heterocycles. The second kappa shape index (κ2) is 7.79. The third kappa shape index (κ3) is 4.91. The summed E-state index contributed by atoms with van der Waals surface area (Å²) in [6.45, 7) is 0.00225. The first-order chi connectivity index (χ1) is 8.78. The second-order valence-corrected chi connectivity index (χ2v) is 4.21. The Balaban J connectivity index is 0.00000180. The van der Waals surface area contributed by atoms with E-state index in [1.807, 2.05) is 54.6 Å². The highest BCUT2D eigenvalue weighted by atomic mass is 35.5. The van der Waals surface area contributed by atoms with E-state index in [0.29, 0.717) is 6.42 Å². The molecule has 0 radical (unpaired) electrons. The largest absolute Gasteiger partial charge is 0.457 e. The smallest absolute Gasteiger partial charge is 0.127 e. The summed E-state index contributed by atoms with van der Waals surface area (Å²) in [5, 5.41) is 8.90. The van der Waals surface area contributed by atoms with Gasteiger partial charge in [0.05, 0.1) is 6.61 Å². The van der Waals surface area contributed by atoms with Crippen LogP contribution in [-0.4, -0.2) is 17.8 Å². The zero-order valence-corrected chi connectivity index (χ0v) is 11.3. The van der Waals surface area contributed by atoms with Gasteiger partial charge in [0.25, 0.3) is 0 Å². The molecule has 2 aromatic carbocycles. The quantitative estimate of drug-likeness (QED) is 0.885. The van der Waals surface area contributed by atoms with Gasteiger partial charge in [-0.1, -0.05) is 30.3 Å². The van der Waals surface area contributed by atoms with Crippen LogP contribution in [0.3, 0.4) is 0 Å². The predicted octanol–water partition coefficient (Wildman–Crippen LogP) is 2.76. The Morgan fingerprint density at radius 2 is 1.53 bits per heavy atom. The maximum Gasteiger partial charge on any atom is 0.127 e. The summed E-state index contributed by atoms with van der Waals surface area (Å²) in [5.41, 5.74) is 6.78. The van der Waals surface area contributed by atoms with Crippen molar-refractivity contribution in [3.05, 3.63) is 60.2 Å². The van der Waals surface area contributed by atoms with Crippen LogP contribution in [0.15, 0.2) is 54.6 Å². The molecule has 0 unspecified atom stereocenters. The van der Waals surface area contributed by atoms with Crippen LogP contribution in [0.25, 0.3) is 0 Å². The molecule has 0 fully saturated rings. The van der Waals surface area contributed by atoms with Crippen LogP contribution in [0.2, 0.25) is 0 Å². The molecule has 0 aliphatic carbocycles. The van der Waals surface area contributed by atoms with E-state index in [1.165, 1.54) is 0 Å². The zero-order valence-electron chi connectivity index (χ0n) is 10.5. The summed E-state index contributed by atoms with van der Waals surface area (Å²) < 4.78 is 5.68. The van der Waals surface area contributed by atoms with Gasteiger partial charge in [-0.3, -0.25) is 0 Å². The van der Waals surface area contributed by atoms with Crippen molar-refractivity contribution in [2.45, 2.75) is 12.5 Å². The summed E-state index contributed by atoms with van der Waals surface area (Å²) in [6, 6.07) is 17.2. The number of hydrogen-bond donors (Lipinski definition) is 2. The molecule has 0 bridgehead atoms. The SMILES string of the molecule is Cl.N[C@H](CO)Cc1ccc(Oc2ccccc2)cc1. The predicted molar refractivity (Wildman–Crippen MR) is 79.0 cm³/mol. The van der Waals surface area contributed by atoms with Crippen LogP contribution in [-0.2, 0) is 6.42 Å². The average molecular weight is 280 g/mol. The Morgan fingerprint density at radius 3 is 2.11 bits per heavy atom. The maximum absolute atomic E-state index is 8.90. The van der Waals surface area contributed by atoms with Gasteiger partial charge in [-0.25, -0.2) is 0 Å². The second-order valence-electron chi connectivity index (χ2n) is 4.21. The van der Waals surface area contributed by atoms with E-state index in [9.17, 15) is 0 Å². The number of aliphatic hydroxyl groups is 1. The molecule has 0 saturated carbocycles. The molecule has 3 nitrogen and oxygen atoms in total. The zero-order chi connectivity index (χ0) is 12.8. The van der Waals surface area contributed by atoms with E-state index >= 15 is 0 Å². The van der Waals surface area contributed by atoms with Gasteiger partial charge in [0.15, 0.2) is 0 Å². The monoisotopic (exact) mass is 279 g/mol. The Morgan fingerprint density at radius 1 is 0.947 bits per heavy atom. The van der Waals surface area contributed by atoms with Crippen molar-refractivity contribution < 1.29 is 9.84 Å². The Labute approximate surface area is 119 Å². The first-order valence-corrected chi connectivity index (χ1v) is 5.96. The van der Waals surface area contributed by atoms with Gasteiger partial charge < -0.3 is 15.6 Å². The molecule has 3 N–H and O–H groups in total. The van der Waals surface area contributed by atoms with Gasteiger partial charge in [0.1, 0.15) is 11.5 Å². The fourth-order valence-electron chi connectivity index (χ4n) is 1.69. The van der Waals surface area contributed by atoms with Crippen molar-refractivity contribution in [3.63, 3.8) is 0 Å². The number of rotatable bonds is 5. The number of hydrogen-bond acceptors (Lipinski definition) is 3. The minimum atomic E-state index is -0.203. The van der Waals surface area contributed by atoms with Crippen LogP contribution in [0.5, 0.6) is 11.5 Å². The maximum atomic E-state index is 8.90. The van der Waals surface area contributed by atoms with E-state index in [0.717, 1.165) is 17.1 Å². The van der Waals surface area contributed by atoms with E-state index in [4.69, 9.17) is 15.6 Å². The fraction of sp³-hybridized carbons (Fsp3) is 0.200. The van der Waals surface area contributed by atoms with Crippen molar-refractivity contribution in [1.82, 2.24) is 0 Å². The molecule has 0 spiro atoms. The summed E-state index contributed by atoms with van der Waals surface area (Å²) in [6.07, 6.45) is 0.669. The number of ether oxygens (including phenoxy) is 1.